The van der Waals surface area contributed by atoms with Crippen molar-refractivity contribution < 1.29 is 28.5 Å². The molecule has 5 aliphatic rings. The van der Waals surface area contributed by atoms with E-state index >= 15 is 0 Å². The SMILES string of the molecule is CC(=O)OC1=CC2=CCC3C4=CCC(C5(C)OCCO5)[C@@]4(C)[C@H](OC(C)=O)CC3[C@@]2(C)CC1. The summed E-state index contributed by atoms with van der Waals surface area (Å²) in [6.45, 7) is 10.8. The minimum atomic E-state index is -0.662. The van der Waals surface area contributed by atoms with Crippen molar-refractivity contribution in [3.63, 3.8) is 0 Å². The smallest absolute Gasteiger partial charge is 0.307 e. The predicted molar refractivity (Wildman–Crippen MR) is 122 cm³/mol. The molecule has 6 heteroatoms. The van der Waals surface area contributed by atoms with Crippen molar-refractivity contribution in [1.29, 1.82) is 0 Å². The third-order valence-electron chi connectivity index (χ3n) is 9.29. The van der Waals surface area contributed by atoms with E-state index in [4.69, 9.17) is 18.9 Å². The summed E-state index contributed by atoms with van der Waals surface area (Å²) in [5.74, 6) is 0.445. The van der Waals surface area contributed by atoms with Gasteiger partial charge in [-0.2, -0.15) is 0 Å². The fourth-order valence-corrected chi connectivity index (χ4v) is 7.73. The minimum absolute atomic E-state index is 0.0461. The highest BCUT2D eigenvalue weighted by molar-refractivity contribution is 5.67. The Morgan fingerprint density at radius 1 is 1.03 bits per heavy atom. The molecule has 0 aromatic carbocycles. The summed E-state index contributed by atoms with van der Waals surface area (Å²) in [5, 5.41) is 0. The van der Waals surface area contributed by atoms with Crippen LogP contribution in [0.15, 0.2) is 35.1 Å². The Morgan fingerprint density at radius 2 is 1.76 bits per heavy atom. The Labute approximate surface area is 196 Å². The molecular weight excluding hydrogens is 420 g/mol. The number of rotatable bonds is 3. The molecule has 0 spiro atoms. The van der Waals surface area contributed by atoms with Gasteiger partial charge in [-0.05, 0) is 61.5 Å². The first-order valence-corrected chi connectivity index (χ1v) is 12.3. The Bertz CT molecular complexity index is 954. The van der Waals surface area contributed by atoms with E-state index in [-0.39, 0.29) is 34.8 Å². The fourth-order valence-electron chi connectivity index (χ4n) is 7.73. The van der Waals surface area contributed by atoms with E-state index in [1.807, 2.05) is 6.92 Å². The molecule has 1 heterocycles. The van der Waals surface area contributed by atoms with Crippen molar-refractivity contribution in [3.05, 3.63) is 35.1 Å². The number of hydrogen-bond donors (Lipinski definition) is 0. The summed E-state index contributed by atoms with van der Waals surface area (Å²) in [4.78, 5) is 23.7. The van der Waals surface area contributed by atoms with Crippen LogP contribution in [0, 0.1) is 28.6 Å². The second kappa shape index (κ2) is 7.81. The lowest BCUT2D eigenvalue weighted by Gasteiger charge is -2.58. The Kier molecular flexibility index (Phi) is 5.41. The first-order chi connectivity index (χ1) is 15.6. The first-order valence-electron chi connectivity index (χ1n) is 12.3. The van der Waals surface area contributed by atoms with Crippen molar-refractivity contribution in [3.8, 4) is 0 Å². The molecule has 0 radical (unpaired) electrons. The van der Waals surface area contributed by atoms with Crippen molar-refractivity contribution in [2.24, 2.45) is 28.6 Å². The quantitative estimate of drug-likeness (QED) is 0.447. The lowest BCUT2D eigenvalue weighted by Crippen LogP contribution is -2.57. The van der Waals surface area contributed by atoms with Crippen LogP contribution in [-0.2, 0) is 28.5 Å². The molecule has 0 aromatic rings. The second-order valence-corrected chi connectivity index (χ2v) is 11.0. The molecule has 5 rings (SSSR count). The number of hydrogen-bond acceptors (Lipinski definition) is 6. The van der Waals surface area contributed by atoms with Gasteiger partial charge in [0.25, 0.3) is 0 Å². The maximum absolute atomic E-state index is 12.2. The van der Waals surface area contributed by atoms with E-state index in [2.05, 4.69) is 32.1 Å². The van der Waals surface area contributed by atoms with Crippen LogP contribution in [0.3, 0.4) is 0 Å². The second-order valence-electron chi connectivity index (χ2n) is 11.0. The predicted octanol–water partition coefficient (Wildman–Crippen LogP) is 4.85. The van der Waals surface area contributed by atoms with Crippen LogP contribution in [0.1, 0.15) is 66.7 Å². The molecule has 180 valence electrons. The highest BCUT2D eigenvalue weighted by Crippen LogP contribution is 2.66. The van der Waals surface area contributed by atoms with Gasteiger partial charge in [0.1, 0.15) is 11.9 Å². The van der Waals surface area contributed by atoms with Gasteiger partial charge in [0, 0.05) is 31.6 Å². The molecule has 6 atom stereocenters. The summed E-state index contributed by atoms with van der Waals surface area (Å²) in [5.41, 5.74) is 2.29. The van der Waals surface area contributed by atoms with Crippen LogP contribution in [-0.4, -0.2) is 37.0 Å². The van der Waals surface area contributed by atoms with Crippen molar-refractivity contribution in [2.45, 2.75) is 78.6 Å². The third-order valence-corrected chi connectivity index (χ3v) is 9.29. The van der Waals surface area contributed by atoms with E-state index in [9.17, 15) is 9.59 Å². The zero-order valence-electron chi connectivity index (χ0n) is 20.4. The molecule has 0 aromatic heterocycles. The number of ether oxygens (including phenoxy) is 4. The molecule has 6 nitrogen and oxygen atoms in total. The van der Waals surface area contributed by atoms with Gasteiger partial charge < -0.3 is 18.9 Å². The maximum Gasteiger partial charge on any atom is 0.307 e. The summed E-state index contributed by atoms with van der Waals surface area (Å²) in [6.07, 6.45) is 10.9. The van der Waals surface area contributed by atoms with Gasteiger partial charge in [0.15, 0.2) is 5.79 Å². The van der Waals surface area contributed by atoms with Crippen molar-refractivity contribution in [2.75, 3.05) is 13.2 Å². The van der Waals surface area contributed by atoms with Gasteiger partial charge in [-0.1, -0.05) is 31.6 Å². The van der Waals surface area contributed by atoms with Gasteiger partial charge in [0.05, 0.1) is 13.2 Å². The topological polar surface area (TPSA) is 71.1 Å². The molecule has 1 saturated carbocycles. The monoisotopic (exact) mass is 456 g/mol. The average Bonchev–Trinajstić information content (AvgIpc) is 3.33. The lowest BCUT2D eigenvalue weighted by molar-refractivity contribution is -0.222. The third kappa shape index (κ3) is 3.44. The highest BCUT2D eigenvalue weighted by atomic mass is 16.7. The molecule has 0 bridgehead atoms. The number of fused-ring (bicyclic) bond motifs is 5. The van der Waals surface area contributed by atoms with Gasteiger partial charge in [-0.3, -0.25) is 9.59 Å². The van der Waals surface area contributed by atoms with Crippen molar-refractivity contribution in [1.82, 2.24) is 0 Å². The highest BCUT2D eigenvalue weighted by Gasteiger charge is 2.64. The summed E-state index contributed by atoms with van der Waals surface area (Å²) >= 11 is 0. The Morgan fingerprint density at radius 3 is 2.42 bits per heavy atom. The van der Waals surface area contributed by atoms with Crippen molar-refractivity contribution >= 4 is 11.9 Å². The molecule has 1 saturated heterocycles. The molecule has 1 aliphatic heterocycles. The van der Waals surface area contributed by atoms with Crippen LogP contribution in [0.25, 0.3) is 0 Å². The van der Waals surface area contributed by atoms with E-state index in [1.54, 1.807) is 0 Å². The van der Waals surface area contributed by atoms with Gasteiger partial charge in [-0.15, -0.1) is 0 Å². The summed E-state index contributed by atoms with van der Waals surface area (Å²) in [7, 11) is 0. The van der Waals surface area contributed by atoms with E-state index < -0.39 is 5.79 Å². The van der Waals surface area contributed by atoms with Crippen LogP contribution in [0.2, 0.25) is 0 Å². The number of allylic oxidation sites excluding steroid dienone is 5. The minimum Gasteiger partial charge on any atom is -0.462 e. The van der Waals surface area contributed by atoms with E-state index in [0.29, 0.717) is 25.0 Å². The zero-order valence-corrected chi connectivity index (χ0v) is 20.4. The van der Waals surface area contributed by atoms with Gasteiger partial charge in [0.2, 0.25) is 0 Å². The molecule has 2 fully saturated rings. The van der Waals surface area contributed by atoms with Crippen LogP contribution in [0.4, 0.5) is 0 Å². The standard InChI is InChI=1S/C27H36O6/c1-16(28)32-19-10-11-25(3)18(14-19)6-7-20-21-8-9-23(27(5)30-12-13-31-27)26(21,4)24(15-22(20)25)33-17(2)29/h6,8,14,20,22-24H,7,9-13,15H2,1-5H3/t20?,22?,23?,24-,25+,26+/m1/s1. The normalized spacial score (nSPS) is 41.1. The number of carbonyl (C=O) groups is 2. The molecule has 3 unspecified atom stereocenters. The lowest BCUT2D eigenvalue weighted by atomic mass is 9.48. The largest absolute Gasteiger partial charge is 0.462 e. The molecule has 0 N–H and O–H groups in total. The maximum atomic E-state index is 12.2. The van der Waals surface area contributed by atoms with Crippen LogP contribution < -0.4 is 0 Å². The zero-order chi connectivity index (χ0) is 23.6. The molecular formula is C27H36O6. The Balaban J connectivity index is 1.53. The number of esters is 2. The van der Waals surface area contributed by atoms with Crippen LogP contribution >= 0.6 is 0 Å². The van der Waals surface area contributed by atoms with E-state index in [0.717, 1.165) is 37.9 Å². The van der Waals surface area contributed by atoms with Gasteiger partial charge >= 0.3 is 11.9 Å². The van der Waals surface area contributed by atoms with Gasteiger partial charge in [-0.25, -0.2) is 0 Å². The van der Waals surface area contributed by atoms with Crippen LogP contribution in [0.5, 0.6) is 0 Å². The molecule has 33 heavy (non-hydrogen) atoms. The van der Waals surface area contributed by atoms with E-state index in [1.165, 1.54) is 25.0 Å². The number of carbonyl (C=O) groups excluding carboxylic acids is 2. The Hall–Kier alpha value is -1.92. The first kappa shape index (κ1) is 22.9. The summed E-state index contributed by atoms with van der Waals surface area (Å²) in [6, 6.07) is 0. The average molecular weight is 457 g/mol. The molecule has 0 amide bonds. The fraction of sp³-hybridized carbons (Fsp3) is 0.704. The summed E-state index contributed by atoms with van der Waals surface area (Å²) < 4.78 is 23.8. The molecule has 4 aliphatic carbocycles.